The van der Waals surface area contributed by atoms with Gasteiger partial charge in [0, 0.05) is 32.7 Å². The SMILES string of the molecule is N#Cc1ccc(N2CCN(CCCC[C@H](N)C(=O)N3CCC[C@H]3C#N)CC2)c(Cl)c1. The van der Waals surface area contributed by atoms with Crippen LogP contribution in [-0.4, -0.2) is 67.1 Å². The van der Waals surface area contributed by atoms with Crippen LogP contribution in [-0.2, 0) is 4.79 Å². The molecule has 3 rings (SSSR count). The number of piperazine rings is 1. The second kappa shape index (κ2) is 10.6. The molecular weight excluding hydrogens is 400 g/mol. The minimum atomic E-state index is -0.505. The number of nitrogens with zero attached hydrogens (tertiary/aromatic N) is 5. The lowest BCUT2D eigenvalue weighted by atomic mass is 10.1. The van der Waals surface area contributed by atoms with E-state index in [4.69, 9.17) is 27.9 Å². The van der Waals surface area contributed by atoms with Crippen LogP contribution in [0.1, 0.15) is 37.7 Å². The Labute approximate surface area is 183 Å². The van der Waals surface area contributed by atoms with Crippen molar-refractivity contribution in [2.75, 3.05) is 44.2 Å². The third-order valence-corrected chi connectivity index (χ3v) is 6.33. The fourth-order valence-electron chi connectivity index (χ4n) is 4.25. The molecule has 2 aliphatic rings. The zero-order valence-corrected chi connectivity index (χ0v) is 18.0. The summed E-state index contributed by atoms with van der Waals surface area (Å²) in [4.78, 5) is 18.8. The predicted octanol–water partition coefficient (Wildman–Crippen LogP) is 2.35. The molecule has 0 saturated carbocycles. The fourth-order valence-corrected chi connectivity index (χ4v) is 4.55. The van der Waals surface area contributed by atoms with Gasteiger partial charge in [-0.2, -0.15) is 10.5 Å². The van der Waals surface area contributed by atoms with Gasteiger partial charge in [-0.15, -0.1) is 0 Å². The molecule has 0 bridgehead atoms. The van der Waals surface area contributed by atoms with E-state index in [0.29, 0.717) is 23.6 Å². The summed E-state index contributed by atoms with van der Waals surface area (Å²) in [7, 11) is 0. The van der Waals surface area contributed by atoms with E-state index in [0.717, 1.165) is 64.1 Å². The summed E-state index contributed by atoms with van der Waals surface area (Å²) in [5.74, 6) is -0.0769. The topological polar surface area (TPSA) is 100 Å². The average Bonchev–Trinajstić information content (AvgIpc) is 3.25. The summed E-state index contributed by atoms with van der Waals surface area (Å²) in [5.41, 5.74) is 7.66. The molecule has 2 N–H and O–H groups in total. The number of carbonyl (C=O) groups excluding carboxylic acids is 1. The summed E-state index contributed by atoms with van der Waals surface area (Å²) < 4.78 is 0. The van der Waals surface area contributed by atoms with E-state index in [1.807, 2.05) is 6.07 Å². The summed E-state index contributed by atoms with van der Waals surface area (Å²) in [6.45, 7) is 5.35. The van der Waals surface area contributed by atoms with Gasteiger partial charge < -0.3 is 15.5 Å². The van der Waals surface area contributed by atoms with Crippen LogP contribution < -0.4 is 10.6 Å². The van der Waals surface area contributed by atoms with Gasteiger partial charge in [-0.25, -0.2) is 0 Å². The molecule has 2 fully saturated rings. The maximum absolute atomic E-state index is 12.5. The van der Waals surface area contributed by atoms with Crippen molar-refractivity contribution in [3.05, 3.63) is 28.8 Å². The minimum Gasteiger partial charge on any atom is -0.368 e. The van der Waals surface area contributed by atoms with E-state index in [1.54, 1.807) is 17.0 Å². The molecule has 2 heterocycles. The van der Waals surface area contributed by atoms with E-state index in [1.165, 1.54) is 0 Å². The predicted molar refractivity (Wildman–Crippen MR) is 117 cm³/mol. The molecule has 2 saturated heterocycles. The molecule has 1 amide bonds. The highest BCUT2D eigenvalue weighted by Gasteiger charge is 2.31. The highest BCUT2D eigenvalue weighted by atomic mass is 35.5. The standard InChI is InChI=1S/C22H29ClN6O/c23-19-14-17(15-24)6-7-21(19)28-12-10-27(11-13-28)8-2-1-5-20(26)22(30)29-9-3-4-18(29)16-25/h6-7,14,18,20H,1-5,8-13,26H2/t18-,20-/m0/s1. The van der Waals surface area contributed by atoms with Gasteiger partial charge in [-0.3, -0.25) is 9.69 Å². The lowest BCUT2D eigenvalue weighted by Crippen LogP contribution is -2.47. The Kier molecular flexibility index (Phi) is 7.93. The molecule has 7 nitrogen and oxygen atoms in total. The first-order valence-electron chi connectivity index (χ1n) is 10.7. The van der Waals surface area contributed by atoms with Crippen molar-refractivity contribution in [1.82, 2.24) is 9.80 Å². The van der Waals surface area contributed by atoms with Crippen LogP contribution in [0, 0.1) is 22.7 Å². The highest BCUT2D eigenvalue weighted by Crippen LogP contribution is 2.27. The molecule has 2 aliphatic heterocycles. The molecular formula is C22H29ClN6O. The maximum atomic E-state index is 12.5. The number of carbonyl (C=O) groups is 1. The van der Waals surface area contributed by atoms with Crippen LogP contribution in [0.2, 0.25) is 5.02 Å². The molecule has 8 heteroatoms. The number of halogens is 1. The van der Waals surface area contributed by atoms with Crippen molar-refractivity contribution in [3.8, 4) is 12.1 Å². The normalized spacial score (nSPS) is 20.6. The Morgan fingerprint density at radius 1 is 1.20 bits per heavy atom. The molecule has 0 unspecified atom stereocenters. The quantitative estimate of drug-likeness (QED) is 0.669. The Bertz CT molecular complexity index is 824. The second-order valence-electron chi connectivity index (χ2n) is 8.03. The molecule has 2 atom stereocenters. The van der Waals surface area contributed by atoms with Crippen molar-refractivity contribution in [1.29, 1.82) is 10.5 Å². The number of nitriles is 2. The lowest BCUT2D eigenvalue weighted by molar-refractivity contribution is -0.132. The van der Waals surface area contributed by atoms with Gasteiger partial charge in [0.15, 0.2) is 0 Å². The van der Waals surface area contributed by atoms with Crippen molar-refractivity contribution in [2.45, 2.75) is 44.2 Å². The molecule has 160 valence electrons. The molecule has 0 aliphatic carbocycles. The molecule has 0 radical (unpaired) electrons. The largest absolute Gasteiger partial charge is 0.368 e. The van der Waals surface area contributed by atoms with Crippen LogP contribution in [0.4, 0.5) is 5.69 Å². The van der Waals surface area contributed by atoms with Crippen LogP contribution >= 0.6 is 11.6 Å². The number of likely N-dealkylation sites (tertiary alicyclic amines) is 1. The van der Waals surface area contributed by atoms with E-state index in [2.05, 4.69) is 21.9 Å². The Morgan fingerprint density at radius 3 is 2.63 bits per heavy atom. The number of nitrogens with two attached hydrogens (primary N) is 1. The molecule has 0 spiro atoms. The van der Waals surface area contributed by atoms with Crippen molar-refractivity contribution < 1.29 is 4.79 Å². The third kappa shape index (κ3) is 5.43. The zero-order valence-electron chi connectivity index (χ0n) is 17.3. The van der Waals surface area contributed by atoms with Crippen molar-refractivity contribution in [2.24, 2.45) is 5.73 Å². The monoisotopic (exact) mass is 428 g/mol. The molecule has 1 aromatic rings. The molecule has 30 heavy (non-hydrogen) atoms. The Hall–Kier alpha value is -2.32. The third-order valence-electron chi connectivity index (χ3n) is 6.03. The van der Waals surface area contributed by atoms with E-state index in [-0.39, 0.29) is 11.9 Å². The van der Waals surface area contributed by atoms with Gasteiger partial charge >= 0.3 is 0 Å². The summed E-state index contributed by atoms with van der Waals surface area (Å²) in [6, 6.07) is 8.95. The van der Waals surface area contributed by atoms with Gasteiger partial charge in [0.2, 0.25) is 5.91 Å². The second-order valence-corrected chi connectivity index (χ2v) is 8.43. The summed E-state index contributed by atoms with van der Waals surface area (Å²) in [5, 5.41) is 18.7. The van der Waals surface area contributed by atoms with Gasteiger partial charge in [-0.1, -0.05) is 18.0 Å². The Balaban J connectivity index is 1.36. The first-order chi connectivity index (χ1) is 14.5. The number of anilines is 1. The first kappa shape index (κ1) is 22.4. The molecule has 1 aromatic carbocycles. The van der Waals surface area contributed by atoms with Crippen LogP contribution in [0.3, 0.4) is 0 Å². The maximum Gasteiger partial charge on any atom is 0.240 e. The number of amides is 1. The van der Waals surface area contributed by atoms with E-state index in [9.17, 15) is 4.79 Å². The van der Waals surface area contributed by atoms with E-state index >= 15 is 0 Å². The minimum absolute atomic E-state index is 0.0769. The average molecular weight is 429 g/mol. The molecule has 0 aromatic heterocycles. The van der Waals surface area contributed by atoms with Crippen LogP contribution in [0.15, 0.2) is 18.2 Å². The van der Waals surface area contributed by atoms with Crippen LogP contribution in [0.5, 0.6) is 0 Å². The van der Waals surface area contributed by atoms with Gasteiger partial charge in [-0.05, 0) is 50.4 Å². The number of hydrogen-bond donors (Lipinski definition) is 1. The number of benzene rings is 1. The number of unbranched alkanes of at least 4 members (excludes halogenated alkanes) is 1. The van der Waals surface area contributed by atoms with Gasteiger partial charge in [0.25, 0.3) is 0 Å². The lowest BCUT2D eigenvalue weighted by Gasteiger charge is -2.36. The smallest absolute Gasteiger partial charge is 0.240 e. The fraction of sp³-hybridized carbons (Fsp3) is 0.591. The number of rotatable bonds is 7. The van der Waals surface area contributed by atoms with Gasteiger partial charge in [0.1, 0.15) is 6.04 Å². The Morgan fingerprint density at radius 2 is 1.97 bits per heavy atom. The summed E-state index contributed by atoms with van der Waals surface area (Å²) in [6.07, 6.45) is 4.21. The van der Waals surface area contributed by atoms with Crippen molar-refractivity contribution >= 4 is 23.2 Å². The zero-order chi connectivity index (χ0) is 21.5. The van der Waals surface area contributed by atoms with Crippen molar-refractivity contribution in [3.63, 3.8) is 0 Å². The summed E-state index contributed by atoms with van der Waals surface area (Å²) >= 11 is 6.33. The number of hydrogen-bond acceptors (Lipinski definition) is 6. The van der Waals surface area contributed by atoms with E-state index < -0.39 is 6.04 Å². The highest BCUT2D eigenvalue weighted by molar-refractivity contribution is 6.33. The van der Waals surface area contributed by atoms with Gasteiger partial charge in [0.05, 0.1) is 34.5 Å². The first-order valence-corrected chi connectivity index (χ1v) is 11.0. The van der Waals surface area contributed by atoms with Crippen LogP contribution in [0.25, 0.3) is 0 Å².